The topological polar surface area (TPSA) is 87.8 Å². The zero-order chi connectivity index (χ0) is 26.1. The van der Waals surface area contributed by atoms with Crippen molar-refractivity contribution in [3.05, 3.63) is 102 Å². The highest BCUT2D eigenvalue weighted by molar-refractivity contribution is 7.80. The molecule has 0 amide bonds. The lowest BCUT2D eigenvalue weighted by Crippen LogP contribution is -2.29. The molecule has 192 valence electrons. The van der Waals surface area contributed by atoms with Crippen molar-refractivity contribution < 1.29 is 19.1 Å². The summed E-state index contributed by atoms with van der Waals surface area (Å²) in [6, 6.07) is 23.7. The minimum Gasteiger partial charge on any atom is -0.490 e. The number of carboxylic acids is 1. The van der Waals surface area contributed by atoms with E-state index < -0.39 is 5.97 Å². The minimum atomic E-state index is -1.00. The van der Waals surface area contributed by atoms with E-state index in [1.54, 1.807) is 30.5 Å². The molecule has 1 saturated heterocycles. The van der Waals surface area contributed by atoms with E-state index in [9.17, 15) is 9.90 Å². The van der Waals surface area contributed by atoms with Crippen molar-refractivity contribution in [2.45, 2.75) is 43.9 Å². The third-order valence-electron chi connectivity index (χ3n) is 7.16. The summed E-state index contributed by atoms with van der Waals surface area (Å²) in [6.07, 6.45) is 6.67. The second-order valence-corrected chi connectivity index (χ2v) is 9.95. The number of benzene rings is 2. The number of pyridine rings is 1. The Bertz CT molecular complexity index is 1450. The molecule has 3 heterocycles. The van der Waals surface area contributed by atoms with Gasteiger partial charge in [0, 0.05) is 17.4 Å². The first-order valence-corrected chi connectivity index (χ1v) is 13.2. The van der Waals surface area contributed by atoms with Gasteiger partial charge in [-0.15, -0.1) is 0 Å². The van der Waals surface area contributed by atoms with Gasteiger partial charge in [-0.3, -0.25) is 4.98 Å². The van der Waals surface area contributed by atoms with Crippen LogP contribution in [0.3, 0.4) is 0 Å². The first kappa shape index (κ1) is 24.2. The first-order chi connectivity index (χ1) is 18.6. The van der Waals surface area contributed by atoms with Crippen LogP contribution in [0.25, 0.3) is 11.3 Å². The van der Waals surface area contributed by atoms with Crippen molar-refractivity contribution in [3.63, 3.8) is 0 Å². The summed E-state index contributed by atoms with van der Waals surface area (Å²) in [5.41, 5.74) is 2.43. The van der Waals surface area contributed by atoms with Gasteiger partial charge in [-0.2, -0.15) is 0 Å². The molecule has 8 heteroatoms. The summed E-state index contributed by atoms with van der Waals surface area (Å²) in [7, 11) is 0. The summed E-state index contributed by atoms with van der Waals surface area (Å²) in [4.78, 5) is 18.4. The number of furan rings is 1. The van der Waals surface area contributed by atoms with Crippen LogP contribution in [0.5, 0.6) is 5.75 Å². The average Bonchev–Trinajstić information content (AvgIpc) is 3.70. The highest BCUT2D eigenvalue weighted by Gasteiger charge is 2.42. The fourth-order valence-electron chi connectivity index (χ4n) is 5.35. The van der Waals surface area contributed by atoms with Crippen LogP contribution in [-0.4, -0.2) is 27.3 Å². The predicted octanol–water partition coefficient (Wildman–Crippen LogP) is 6.54. The van der Waals surface area contributed by atoms with E-state index in [1.807, 2.05) is 59.5 Å². The number of carbonyl (C=O) groups is 1. The number of thiocarbonyl (C=S) groups is 1. The molecule has 7 nitrogen and oxygen atoms in total. The lowest BCUT2D eigenvalue weighted by molar-refractivity contribution is 0.0697. The smallest absolute Gasteiger partial charge is 0.336 e. The lowest BCUT2D eigenvalue weighted by Gasteiger charge is -2.26. The largest absolute Gasteiger partial charge is 0.490 e. The van der Waals surface area contributed by atoms with Gasteiger partial charge >= 0.3 is 5.97 Å². The molecule has 2 aromatic carbocycles. The molecule has 1 saturated carbocycles. The molecule has 2 N–H and O–H groups in total. The fraction of sp³-hybridized carbons (Fsp3) is 0.233. The van der Waals surface area contributed by atoms with Crippen molar-refractivity contribution >= 4 is 29.0 Å². The normalized spacial score (nSPS) is 19.5. The van der Waals surface area contributed by atoms with Crippen molar-refractivity contribution in [2.75, 3.05) is 4.90 Å². The number of carboxylic acid groups (broad SMARTS) is 1. The molecule has 0 bridgehead atoms. The predicted molar refractivity (Wildman–Crippen MR) is 148 cm³/mol. The van der Waals surface area contributed by atoms with Gasteiger partial charge in [0.15, 0.2) is 5.11 Å². The SMILES string of the molecule is O=C(O)c1ccccc1-c1ccc([C@@H]2[C@@H](c3ccccn3)NC(=S)N2c2ccc(OC3CCCC3)cc2)o1. The number of anilines is 1. The van der Waals surface area contributed by atoms with Crippen LogP contribution in [0.2, 0.25) is 0 Å². The van der Waals surface area contributed by atoms with Crippen LogP contribution >= 0.6 is 12.2 Å². The molecule has 1 aliphatic heterocycles. The molecule has 2 aromatic heterocycles. The second-order valence-electron chi connectivity index (χ2n) is 9.57. The Morgan fingerprint density at radius 2 is 1.76 bits per heavy atom. The van der Waals surface area contributed by atoms with Crippen molar-refractivity contribution in [1.29, 1.82) is 0 Å². The maximum absolute atomic E-state index is 11.8. The fourth-order valence-corrected chi connectivity index (χ4v) is 5.69. The third-order valence-corrected chi connectivity index (χ3v) is 7.47. The van der Waals surface area contributed by atoms with Gasteiger partial charge in [0.1, 0.15) is 23.3 Å². The summed E-state index contributed by atoms with van der Waals surface area (Å²) < 4.78 is 12.5. The summed E-state index contributed by atoms with van der Waals surface area (Å²) in [5.74, 6) is 0.975. The van der Waals surface area contributed by atoms with Gasteiger partial charge in [-0.25, -0.2) is 4.79 Å². The maximum atomic E-state index is 11.8. The molecule has 2 atom stereocenters. The van der Waals surface area contributed by atoms with E-state index in [1.165, 1.54) is 12.8 Å². The van der Waals surface area contributed by atoms with Crippen LogP contribution in [0, 0.1) is 0 Å². The number of ether oxygens (including phenoxy) is 1. The third kappa shape index (κ3) is 4.63. The Kier molecular flexibility index (Phi) is 6.55. The molecular formula is C30H27N3O4S. The number of nitrogens with one attached hydrogen (secondary N) is 1. The molecule has 4 aromatic rings. The Labute approximate surface area is 226 Å². The van der Waals surface area contributed by atoms with E-state index in [0.717, 1.165) is 30.0 Å². The number of hydrogen-bond donors (Lipinski definition) is 2. The molecule has 0 unspecified atom stereocenters. The molecule has 6 rings (SSSR count). The van der Waals surface area contributed by atoms with Crippen LogP contribution < -0.4 is 15.0 Å². The van der Waals surface area contributed by atoms with E-state index in [2.05, 4.69) is 10.3 Å². The Hall–Kier alpha value is -4.17. The highest BCUT2D eigenvalue weighted by Crippen LogP contribution is 2.43. The quantitative estimate of drug-likeness (QED) is 0.263. The average molecular weight is 526 g/mol. The summed E-state index contributed by atoms with van der Waals surface area (Å²) in [6.45, 7) is 0. The van der Waals surface area contributed by atoms with Crippen molar-refractivity contribution in [2.24, 2.45) is 0 Å². The zero-order valence-corrected chi connectivity index (χ0v) is 21.4. The van der Waals surface area contributed by atoms with Crippen LogP contribution in [0.15, 0.2) is 89.5 Å². The van der Waals surface area contributed by atoms with E-state index >= 15 is 0 Å². The summed E-state index contributed by atoms with van der Waals surface area (Å²) in [5, 5.41) is 13.7. The number of aromatic carboxylic acids is 1. The van der Waals surface area contributed by atoms with Gasteiger partial charge in [0.2, 0.25) is 0 Å². The van der Waals surface area contributed by atoms with E-state index in [4.69, 9.17) is 21.4 Å². The summed E-state index contributed by atoms with van der Waals surface area (Å²) >= 11 is 5.82. The van der Waals surface area contributed by atoms with Gasteiger partial charge < -0.3 is 24.5 Å². The number of nitrogens with zero attached hydrogens (tertiary/aromatic N) is 2. The van der Waals surface area contributed by atoms with Crippen LogP contribution in [0.1, 0.15) is 59.6 Å². The first-order valence-electron chi connectivity index (χ1n) is 12.8. The Morgan fingerprint density at radius 3 is 2.50 bits per heavy atom. The number of hydrogen-bond acceptors (Lipinski definition) is 5. The maximum Gasteiger partial charge on any atom is 0.336 e. The van der Waals surface area contributed by atoms with Gasteiger partial charge in [-0.05, 0) is 92.5 Å². The molecule has 38 heavy (non-hydrogen) atoms. The zero-order valence-electron chi connectivity index (χ0n) is 20.6. The molecule has 0 spiro atoms. The Balaban J connectivity index is 1.37. The highest BCUT2D eigenvalue weighted by atomic mass is 32.1. The molecule has 1 aliphatic carbocycles. The molecule has 2 aliphatic rings. The van der Waals surface area contributed by atoms with Gasteiger partial charge in [0.25, 0.3) is 0 Å². The number of aromatic nitrogens is 1. The lowest BCUT2D eigenvalue weighted by atomic mass is 10.0. The van der Waals surface area contributed by atoms with Gasteiger partial charge in [0.05, 0.1) is 23.4 Å². The standard InChI is InChI=1S/C30H27N3O4S/c34-29(35)23-10-4-3-9-22(23)25-16-17-26(37-25)28-27(24-11-5-6-18-31-24)32-30(38)33(28)19-12-14-21(15-13-19)36-20-7-1-2-8-20/h3-6,9-18,20,27-28H,1-2,7-8H2,(H,32,38)(H,34,35)/t27-,28-/m1/s1. The van der Waals surface area contributed by atoms with Crippen LogP contribution in [-0.2, 0) is 0 Å². The van der Waals surface area contributed by atoms with Crippen molar-refractivity contribution in [1.82, 2.24) is 10.3 Å². The second kappa shape index (κ2) is 10.3. The minimum absolute atomic E-state index is 0.185. The van der Waals surface area contributed by atoms with E-state index in [-0.39, 0.29) is 23.8 Å². The Morgan fingerprint density at radius 1 is 1.00 bits per heavy atom. The van der Waals surface area contributed by atoms with Crippen molar-refractivity contribution in [3.8, 4) is 17.1 Å². The molecule has 0 radical (unpaired) electrons. The molecule has 2 fully saturated rings. The molecular weight excluding hydrogens is 498 g/mol. The number of rotatable bonds is 7. The van der Waals surface area contributed by atoms with Crippen LogP contribution in [0.4, 0.5) is 5.69 Å². The van der Waals surface area contributed by atoms with Gasteiger partial charge in [-0.1, -0.05) is 24.3 Å². The monoisotopic (exact) mass is 525 g/mol. The van der Waals surface area contributed by atoms with E-state index in [0.29, 0.717) is 22.2 Å².